The second-order valence-electron chi connectivity index (χ2n) is 7.12. The maximum atomic E-state index is 14.4. The summed E-state index contributed by atoms with van der Waals surface area (Å²) in [6, 6.07) is 2.83. The molecule has 2 aromatic rings. The van der Waals surface area contributed by atoms with Crippen LogP contribution in [0.4, 0.5) is 10.1 Å². The van der Waals surface area contributed by atoms with E-state index in [1.165, 1.54) is 6.07 Å². The molecule has 6 nitrogen and oxygen atoms in total. The summed E-state index contributed by atoms with van der Waals surface area (Å²) in [5, 5.41) is 2.66. The monoisotopic (exact) mass is 356 g/mol. The van der Waals surface area contributed by atoms with Crippen molar-refractivity contribution in [1.82, 2.24) is 14.5 Å². The van der Waals surface area contributed by atoms with Crippen molar-refractivity contribution in [2.75, 3.05) is 18.9 Å². The summed E-state index contributed by atoms with van der Waals surface area (Å²) >= 11 is 0. The van der Waals surface area contributed by atoms with E-state index in [1.807, 2.05) is 6.20 Å². The lowest BCUT2D eigenvalue weighted by molar-refractivity contribution is -0.116. The fourth-order valence-corrected chi connectivity index (χ4v) is 3.81. The number of fused-ring (bicyclic) bond motifs is 2. The van der Waals surface area contributed by atoms with Crippen LogP contribution in [0, 0.1) is 11.7 Å². The van der Waals surface area contributed by atoms with Crippen LogP contribution in [0.3, 0.4) is 0 Å². The first-order valence-electron chi connectivity index (χ1n) is 8.89. The maximum absolute atomic E-state index is 14.4. The van der Waals surface area contributed by atoms with Gasteiger partial charge in [-0.15, -0.1) is 0 Å². The highest BCUT2D eigenvalue weighted by Crippen LogP contribution is 2.27. The Bertz CT molecular complexity index is 876. The minimum Gasteiger partial charge on any atom is -0.341 e. The Hall–Kier alpha value is -2.70. The third kappa shape index (κ3) is 3.09. The number of aryl methyl sites for hydroxylation is 2. The number of carbonyl (C=O) groups excluding carboxylic acids is 2. The number of amides is 2. The molecule has 1 unspecified atom stereocenters. The Labute approximate surface area is 151 Å². The molecule has 7 heteroatoms. The molecule has 2 aliphatic rings. The van der Waals surface area contributed by atoms with Crippen LogP contribution in [0.2, 0.25) is 0 Å². The van der Waals surface area contributed by atoms with E-state index in [4.69, 9.17) is 0 Å². The third-order valence-electron chi connectivity index (χ3n) is 5.25. The summed E-state index contributed by atoms with van der Waals surface area (Å²) in [6.07, 6.45) is 6.45. The zero-order valence-electron chi connectivity index (χ0n) is 14.7. The van der Waals surface area contributed by atoms with Crippen molar-refractivity contribution in [3.05, 3.63) is 47.3 Å². The van der Waals surface area contributed by atoms with Gasteiger partial charge in [0.05, 0.1) is 5.56 Å². The van der Waals surface area contributed by atoms with Gasteiger partial charge < -0.3 is 14.8 Å². The molecule has 1 N–H and O–H groups in total. The average molecular weight is 356 g/mol. The topological polar surface area (TPSA) is 67.2 Å². The lowest BCUT2D eigenvalue weighted by atomic mass is 9.96. The predicted molar refractivity (Wildman–Crippen MR) is 94.3 cm³/mol. The molecular formula is C19H21FN4O2. The molecule has 0 spiro atoms. The van der Waals surface area contributed by atoms with E-state index in [0.717, 1.165) is 30.8 Å². The molecule has 1 aromatic heterocycles. The Kier molecular flexibility index (Phi) is 4.22. The second-order valence-corrected chi connectivity index (χ2v) is 7.12. The van der Waals surface area contributed by atoms with E-state index in [-0.39, 0.29) is 17.4 Å². The van der Waals surface area contributed by atoms with E-state index < -0.39 is 5.82 Å². The van der Waals surface area contributed by atoms with Crippen LogP contribution in [-0.4, -0.2) is 39.9 Å². The molecular weight excluding hydrogens is 335 g/mol. The number of nitrogens with zero attached hydrogens (tertiary/aromatic N) is 3. The number of imidazole rings is 1. The molecule has 2 amide bonds. The van der Waals surface area contributed by atoms with Crippen LogP contribution in [0.5, 0.6) is 0 Å². The van der Waals surface area contributed by atoms with E-state index in [1.54, 1.807) is 24.2 Å². The second kappa shape index (κ2) is 6.55. The van der Waals surface area contributed by atoms with Gasteiger partial charge in [0.15, 0.2) is 0 Å². The molecule has 3 heterocycles. The molecule has 0 aliphatic carbocycles. The van der Waals surface area contributed by atoms with Gasteiger partial charge in [-0.25, -0.2) is 9.37 Å². The number of hydrogen-bond donors (Lipinski definition) is 1. The Balaban J connectivity index is 1.48. The maximum Gasteiger partial charge on any atom is 0.256 e. The first-order valence-corrected chi connectivity index (χ1v) is 8.89. The van der Waals surface area contributed by atoms with Gasteiger partial charge in [-0.05, 0) is 36.5 Å². The standard InChI is InChI=1S/C19H21FN4O2/c1-23(11-12-4-6-24-7-5-21-17(24)8-12)19(26)14-9-13-2-3-18(25)22-16(13)10-15(14)20/h5,7,9-10,12H,2-4,6,8,11H2,1H3,(H,22,25). The molecule has 26 heavy (non-hydrogen) atoms. The van der Waals surface area contributed by atoms with Crippen molar-refractivity contribution in [2.24, 2.45) is 5.92 Å². The van der Waals surface area contributed by atoms with Crippen molar-refractivity contribution in [1.29, 1.82) is 0 Å². The van der Waals surface area contributed by atoms with Crippen LogP contribution in [0.15, 0.2) is 24.5 Å². The summed E-state index contributed by atoms with van der Waals surface area (Å²) in [6.45, 7) is 1.47. The molecule has 1 atom stereocenters. The number of anilines is 1. The van der Waals surface area contributed by atoms with E-state index >= 15 is 0 Å². The lowest BCUT2D eigenvalue weighted by Crippen LogP contribution is -2.35. The normalized spacial score (nSPS) is 18.7. The van der Waals surface area contributed by atoms with Crippen LogP contribution in [-0.2, 0) is 24.2 Å². The van der Waals surface area contributed by atoms with Gasteiger partial charge in [-0.1, -0.05) is 0 Å². The molecule has 0 saturated carbocycles. The third-order valence-corrected chi connectivity index (χ3v) is 5.25. The molecule has 1 aromatic carbocycles. The van der Waals surface area contributed by atoms with Crippen molar-refractivity contribution in [2.45, 2.75) is 32.2 Å². The Morgan fingerprint density at radius 1 is 1.42 bits per heavy atom. The zero-order valence-corrected chi connectivity index (χ0v) is 14.7. The van der Waals surface area contributed by atoms with Crippen LogP contribution in [0.25, 0.3) is 0 Å². The minimum atomic E-state index is -0.595. The van der Waals surface area contributed by atoms with Gasteiger partial charge >= 0.3 is 0 Å². The molecule has 4 rings (SSSR count). The summed E-state index contributed by atoms with van der Waals surface area (Å²) in [4.78, 5) is 30.1. The van der Waals surface area contributed by atoms with Crippen molar-refractivity contribution in [3.8, 4) is 0 Å². The number of rotatable bonds is 3. The van der Waals surface area contributed by atoms with Gasteiger partial charge in [0, 0.05) is 51.1 Å². The van der Waals surface area contributed by atoms with Gasteiger partial charge in [0.2, 0.25) is 5.91 Å². The summed E-state index contributed by atoms with van der Waals surface area (Å²) in [7, 11) is 1.71. The van der Waals surface area contributed by atoms with Gasteiger partial charge in [-0.2, -0.15) is 0 Å². The minimum absolute atomic E-state index is 0.0692. The van der Waals surface area contributed by atoms with Crippen LogP contribution >= 0.6 is 0 Å². The number of benzene rings is 1. The highest BCUT2D eigenvalue weighted by atomic mass is 19.1. The van der Waals surface area contributed by atoms with Crippen molar-refractivity contribution < 1.29 is 14.0 Å². The summed E-state index contributed by atoms with van der Waals surface area (Å²) in [5.74, 6) is 0.318. The quantitative estimate of drug-likeness (QED) is 0.917. The molecule has 0 saturated heterocycles. The zero-order chi connectivity index (χ0) is 18.3. The van der Waals surface area contributed by atoms with Crippen molar-refractivity contribution in [3.63, 3.8) is 0 Å². The van der Waals surface area contributed by atoms with E-state index in [9.17, 15) is 14.0 Å². The SMILES string of the molecule is CN(CC1CCn2ccnc2C1)C(=O)c1cc2c(cc1F)NC(=O)CC2. The highest BCUT2D eigenvalue weighted by Gasteiger charge is 2.26. The number of carbonyl (C=O) groups is 2. The fourth-order valence-electron chi connectivity index (χ4n) is 3.81. The highest BCUT2D eigenvalue weighted by molar-refractivity contribution is 5.98. The molecule has 136 valence electrons. The Morgan fingerprint density at radius 3 is 3.12 bits per heavy atom. The molecule has 0 bridgehead atoms. The number of nitrogens with one attached hydrogen (secondary N) is 1. The molecule has 0 fully saturated rings. The van der Waals surface area contributed by atoms with Crippen LogP contribution < -0.4 is 5.32 Å². The summed E-state index contributed by atoms with van der Waals surface area (Å²) in [5.41, 5.74) is 1.35. The Morgan fingerprint density at radius 2 is 2.27 bits per heavy atom. The smallest absolute Gasteiger partial charge is 0.256 e. The first-order chi connectivity index (χ1) is 12.5. The average Bonchev–Trinajstić information content (AvgIpc) is 3.08. The lowest BCUT2D eigenvalue weighted by Gasteiger charge is -2.28. The molecule has 2 aliphatic heterocycles. The summed E-state index contributed by atoms with van der Waals surface area (Å²) < 4.78 is 16.6. The van der Waals surface area contributed by atoms with Gasteiger partial charge in [0.25, 0.3) is 5.91 Å². The number of halogens is 1. The largest absolute Gasteiger partial charge is 0.341 e. The van der Waals surface area contributed by atoms with Crippen molar-refractivity contribution >= 4 is 17.5 Å². The van der Waals surface area contributed by atoms with E-state index in [2.05, 4.69) is 14.9 Å². The van der Waals surface area contributed by atoms with Crippen LogP contribution in [0.1, 0.15) is 34.6 Å². The molecule has 0 radical (unpaired) electrons. The number of aromatic nitrogens is 2. The fraction of sp³-hybridized carbons (Fsp3) is 0.421. The first kappa shape index (κ1) is 16.8. The predicted octanol–water partition coefficient (Wildman–Crippen LogP) is 2.24. The van der Waals surface area contributed by atoms with E-state index in [0.29, 0.717) is 31.0 Å². The van der Waals surface area contributed by atoms with Gasteiger partial charge in [-0.3, -0.25) is 9.59 Å². The number of hydrogen-bond acceptors (Lipinski definition) is 3. The van der Waals surface area contributed by atoms with Gasteiger partial charge in [0.1, 0.15) is 11.6 Å².